The molecule has 0 spiro atoms. The number of benzene rings is 9. The molecule has 0 amide bonds. The molecule has 0 N–H and O–H groups in total. The van der Waals surface area contributed by atoms with E-state index in [0.29, 0.717) is 17.7 Å². The average molecular weight is 1050 g/mol. The van der Waals surface area contributed by atoms with Gasteiger partial charge in [-0.3, -0.25) is 9.13 Å². The third-order valence-electron chi connectivity index (χ3n) is 16.3. The van der Waals surface area contributed by atoms with Crippen molar-refractivity contribution >= 4 is 72.4 Å². The van der Waals surface area contributed by atoms with Crippen molar-refractivity contribution in [3.05, 3.63) is 235 Å². The van der Waals surface area contributed by atoms with Gasteiger partial charge in [0.25, 0.3) is 0 Å². The first kappa shape index (κ1) is 51.6. The van der Waals surface area contributed by atoms with Crippen molar-refractivity contribution in [2.45, 2.75) is 105 Å². The van der Waals surface area contributed by atoms with Crippen LogP contribution in [0.25, 0.3) is 78.0 Å². The maximum atomic E-state index is 5.80. The van der Waals surface area contributed by atoms with Crippen LogP contribution in [0.1, 0.15) is 105 Å². The van der Waals surface area contributed by atoms with Gasteiger partial charge >= 0.3 is 0 Å². The summed E-state index contributed by atoms with van der Waals surface area (Å²) in [6.45, 7) is 27.8. The molecule has 0 bridgehead atoms. The Kier molecular flexibility index (Phi) is 12.4. The molecular weight excluding hydrogens is 975 g/mol. The summed E-state index contributed by atoms with van der Waals surface area (Å²) >= 11 is 0. The van der Waals surface area contributed by atoms with Crippen LogP contribution in [0.2, 0.25) is 0 Å². The molecule has 0 aliphatic carbocycles. The minimum absolute atomic E-state index is 0.0784. The molecule has 0 fully saturated rings. The summed E-state index contributed by atoms with van der Waals surface area (Å²) in [7, 11) is -3.09. The first-order valence-corrected chi connectivity index (χ1v) is 30.0. The zero-order valence-corrected chi connectivity index (χ0v) is 48.9. The van der Waals surface area contributed by atoms with Crippen LogP contribution in [0.15, 0.2) is 212 Å². The van der Waals surface area contributed by atoms with Gasteiger partial charge in [-0.25, -0.2) is 0 Å². The maximum absolute atomic E-state index is 5.80. The van der Waals surface area contributed by atoms with E-state index in [1.54, 1.807) is 0 Å². The van der Waals surface area contributed by atoms with Gasteiger partial charge in [-0.2, -0.15) is 15.0 Å². The molecule has 5 nitrogen and oxygen atoms in total. The molecule has 0 atom stereocenters. The third kappa shape index (κ3) is 8.91. The average Bonchev–Trinajstić information content (AvgIpc) is 4.06. The molecule has 0 saturated carbocycles. The molecule has 0 saturated heterocycles. The fourth-order valence-corrected chi connectivity index (χ4v) is 17.0. The monoisotopic (exact) mass is 1050 g/mol. The van der Waals surface area contributed by atoms with Crippen LogP contribution in [0, 0.1) is 0 Å². The lowest BCUT2D eigenvalue weighted by Crippen LogP contribution is -2.74. The van der Waals surface area contributed by atoms with E-state index in [9.17, 15) is 0 Å². The third-order valence-corrected chi connectivity index (χ3v) is 21.0. The van der Waals surface area contributed by atoms with Crippen molar-refractivity contribution in [3.63, 3.8) is 0 Å². The Morgan fingerprint density at radius 1 is 0.304 bits per heavy atom. The Morgan fingerprint density at radius 2 is 0.671 bits per heavy atom. The van der Waals surface area contributed by atoms with E-state index in [-0.39, 0.29) is 21.7 Å². The van der Waals surface area contributed by atoms with Gasteiger partial charge in [-0.1, -0.05) is 271 Å². The number of hydrogen-bond acceptors (Lipinski definition) is 3. The molecule has 3 heterocycles. The van der Waals surface area contributed by atoms with Gasteiger partial charge in [-0.05, 0) is 100 Å². The Balaban J connectivity index is 1.22. The fraction of sp³-hybridized carbons (Fsp3) is 0.219. The number of fused-ring (bicyclic) bond motifs is 6. The van der Waals surface area contributed by atoms with Crippen molar-refractivity contribution in [2.24, 2.45) is 0 Å². The van der Waals surface area contributed by atoms with E-state index in [2.05, 4.69) is 305 Å². The summed E-state index contributed by atoms with van der Waals surface area (Å²) in [6.07, 6.45) is 0. The number of rotatable bonds is 8. The van der Waals surface area contributed by atoms with Gasteiger partial charge in [0.15, 0.2) is 13.9 Å². The van der Waals surface area contributed by atoms with E-state index < -0.39 is 8.07 Å². The molecule has 12 aromatic rings. The van der Waals surface area contributed by atoms with Gasteiger partial charge < -0.3 is 0 Å². The Morgan fingerprint density at radius 3 is 1.10 bits per heavy atom. The largest absolute Gasteiger partial charge is 0.277 e. The van der Waals surface area contributed by atoms with Crippen molar-refractivity contribution in [2.75, 3.05) is 0 Å². The van der Waals surface area contributed by atoms with E-state index in [0.717, 1.165) is 27.6 Å². The van der Waals surface area contributed by atoms with Crippen LogP contribution >= 0.6 is 0 Å². The summed E-state index contributed by atoms with van der Waals surface area (Å²) in [6, 6.07) is 78.9. The number of para-hydroxylation sites is 2. The van der Waals surface area contributed by atoms with Crippen molar-refractivity contribution in [3.8, 4) is 34.4 Å². The minimum atomic E-state index is -3.09. The van der Waals surface area contributed by atoms with Crippen LogP contribution in [0.3, 0.4) is 0 Å². The molecule has 0 aliphatic heterocycles. The lowest BCUT2D eigenvalue weighted by molar-refractivity contribution is 0.571. The number of nitrogens with zero attached hydrogens (tertiary/aromatic N) is 5. The molecular formula is C73H71N5Si. The molecule has 6 heteroatoms. The zero-order chi connectivity index (χ0) is 55.2. The topological polar surface area (TPSA) is 48.5 Å². The predicted octanol–water partition coefficient (Wildman–Crippen LogP) is 16.0. The van der Waals surface area contributed by atoms with Crippen molar-refractivity contribution < 1.29 is 0 Å². The van der Waals surface area contributed by atoms with E-state index in [1.165, 1.54) is 75.7 Å². The summed E-state index contributed by atoms with van der Waals surface area (Å²) in [5.41, 5.74) is 12.1. The SMILES string of the molecule is CC(C)(C)c1cc(C(C)(C)C)c2c(c1)c1ccccc1n2-c1nc(-c2cccc([Si](c3ccccc3)(c3ccccc3)c3cccc(-c4ccccc4)c3)c2)nc(-n2c3ccccc3c3cc(C(C)(C)C)cc(C(C)(C)C)c32)n1. The highest BCUT2D eigenvalue weighted by molar-refractivity contribution is 7.20. The molecule has 3 aromatic heterocycles. The van der Waals surface area contributed by atoms with E-state index in [4.69, 9.17) is 15.0 Å². The van der Waals surface area contributed by atoms with Gasteiger partial charge in [0, 0.05) is 27.1 Å². The summed E-state index contributed by atoms with van der Waals surface area (Å²) < 4.78 is 4.68. The van der Waals surface area contributed by atoms with E-state index >= 15 is 0 Å². The van der Waals surface area contributed by atoms with Gasteiger partial charge in [0.05, 0.1) is 22.1 Å². The predicted molar refractivity (Wildman–Crippen MR) is 338 cm³/mol. The summed E-state index contributed by atoms with van der Waals surface area (Å²) in [4.78, 5) is 17.3. The van der Waals surface area contributed by atoms with Crippen LogP contribution < -0.4 is 20.7 Å². The molecule has 0 unspecified atom stereocenters. The lowest BCUT2D eigenvalue weighted by Gasteiger charge is -2.35. The van der Waals surface area contributed by atoms with Gasteiger partial charge in [-0.15, -0.1) is 0 Å². The second-order valence-electron chi connectivity index (χ2n) is 25.8. The van der Waals surface area contributed by atoms with Gasteiger partial charge in [0.1, 0.15) is 0 Å². The molecule has 0 radical (unpaired) electrons. The lowest BCUT2D eigenvalue weighted by atomic mass is 9.79. The van der Waals surface area contributed by atoms with Gasteiger partial charge in [0.2, 0.25) is 11.9 Å². The summed E-state index contributed by atoms with van der Waals surface area (Å²) in [5.74, 6) is 1.75. The number of aromatic nitrogens is 5. The second-order valence-corrected chi connectivity index (χ2v) is 29.6. The Hall–Kier alpha value is -8.19. The fourth-order valence-electron chi connectivity index (χ4n) is 12.1. The smallest absolute Gasteiger partial charge is 0.240 e. The highest BCUT2D eigenvalue weighted by Crippen LogP contribution is 2.44. The Bertz CT molecular complexity index is 4060. The number of hydrogen-bond donors (Lipinski definition) is 0. The Labute approximate surface area is 467 Å². The van der Waals surface area contributed by atoms with Crippen molar-refractivity contribution in [1.82, 2.24) is 24.1 Å². The van der Waals surface area contributed by atoms with Crippen LogP contribution in [0.5, 0.6) is 0 Å². The standard InChI is InChI=1S/C73H71N5Si/c1-70(2,3)51-44-59-57-38-22-24-40-63(57)77(65(59)61(46-51)72(7,8)9)68-74-67(75-69(76-68)78-64-41-25-23-39-58(64)60-45-52(71(4,5)6)47-62(66(60)78)73(10,11)12)50-31-27-37-56(43-50)79(53-32-18-14-19-33-53,54-34-20-15-21-35-54)55-36-26-30-49(42-55)48-28-16-13-17-29-48/h13-47H,1-12H3. The molecule has 392 valence electrons. The molecule has 0 aliphatic rings. The highest BCUT2D eigenvalue weighted by atomic mass is 28.3. The maximum Gasteiger partial charge on any atom is 0.240 e. The molecule has 12 rings (SSSR count). The van der Waals surface area contributed by atoms with Crippen LogP contribution in [-0.2, 0) is 21.7 Å². The quantitative estimate of drug-likeness (QED) is 0.113. The molecule has 9 aromatic carbocycles. The summed E-state index contributed by atoms with van der Waals surface area (Å²) in [5, 5.41) is 9.85. The van der Waals surface area contributed by atoms with Crippen LogP contribution in [-0.4, -0.2) is 32.2 Å². The van der Waals surface area contributed by atoms with Crippen LogP contribution in [0.4, 0.5) is 0 Å². The van der Waals surface area contributed by atoms with Crippen molar-refractivity contribution in [1.29, 1.82) is 0 Å². The first-order valence-electron chi connectivity index (χ1n) is 28.0. The highest BCUT2D eigenvalue weighted by Gasteiger charge is 2.42. The zero-order valence-electron chi connectivity index (χ0n) is 47.9. The minimum Gasteiger partial charge on any atom is -0.277 e. The molecule has 79 heavy (non-hydrogen) atoms. The van der Waals surface area contributed by atoms with E-state index in [1.807, 2.05) is 0 Å². The second kappa shape index (κ2) is 19.0. The first-order chi connectivity index (χ1) is 37.7. The normalized spacial score (nSPS) is 12.8.